The van der Waals surface area contributed by atoms with Gasteiger partial charge in [-0.15, -0.1) is 11.3 Å². The van der Waals surface area contributed by atoms with Gasteiger partial charge in [-0.3, -0.25) is 0 Å². The zero-order valence-corrected chi connectivity index (χ0v) is 15.2. The average molecular weight is 320 g/mol. The van der Waals surface area contributed by atoms with E-state index >= 15 is 0 Å². The quantitative estimate of drug-likeness (QED) is 0.809. The standard InChI is InChI=1S/C17H24N2O2S/c1-11-8-9-13(22-11)12-10-18-15(21-17(5,6)7)19-14(12)20-16(2,3)4/h8-10H,1-7H3. The predicted octanol–water partition coefficient (Wildman–Crippen LogP) is 4.87. The van der Waals surface area contributed by atoms with Crippen molar-refractivity contribution < 1.29 is 9.47 Å². The van der Waals surface area contributed by atoms with Gasteiger partial charge in [-0.05, 0) is 60.6 Å². The van der Waals surface area contributed by atoms with Gasteiger partial charge < -0.3 is 9.47 Å². The number of hydrogen-bond acceptors (Lipinski definition) is 5. The lowest BCUT2D eigenvalue weighted by molar-refractivity contribution is 0.103. The third-order valence-corrected chi connectivity index (χ3v) is 3.57. The van der Waals surface area contributed by atoms with Gasteiger partial charge >= 0.3 is 6.01 Å². The van der Waals surface area contributed by atoms with E-state index in [1.165, 1.54) is 4.88 Å². The summed E-state index contributed by atoms with van der Waals surface area (Å²) in [6.07, 6.45) is 1.78. The Morgan fingerprint density at radius 1 is 0.955 bits per heavy atom. The van der Waals surface area contributed by atoms with Crippen LogP contribution in [0.4, 0.5) is 0 Å². The molecule has 2 aromatic rings. The summed E-state index contributed by atoms with van der Waals surface area (Å²) in [6.45, 7) is 14.0. The van der Waals surface area contributed by atoms with Gasteiger partial charge in [0.15, 0.2) is 0 Å². The number of ether oxygens (including phenoxy) is 2. The van der Waals surface area contributed by atoms with E-state index in [9.17, 15) is 0 Å². The molecule has 0 spiro atoms. The zero-order chi connectivity index (χ0) is 16.5. The Hall–Kier alpha value is -1.62. The van der Waals surface area contributed by atoms with Crippen LogP contribution in [0.2, 0.25) is 0 Å². The molecule has 120 valence electrons. The van der Waals surface area contributed by atoms with Gasteiger partial charge in [-0.2, -0.15) is 4.98 Å². The molecule has 0 amide bonds. The van der Waals surface area contributed by atoms with E-state index in [0.717, 1.165) is 10.4 Å². The van der Waals surface area contributed by atoms with Crippen molar-refractivity contribution in [1.82, 2.24) is 9.97 Å². The van der Waals surface area contributed by atoms with E-state index in [2.05, 4.69) is 29.0 Å². The van der Waals surface area contributed by atoms with Crippen molar-refractivity contribution in [2.75, 3.05) is 0 Å². The molecule has 0 unspecified atom stereocenters. The Bertz CT molecular complexity index is 651. The second-order valence-electron chi connectivity index (χ2n) is 7.21. The minimum Gasteiger partial charge on any atom is -0.471 e. The van der Waals surface area contributed by atoms with Crippen LogP contribution in [0.1, 0.15) is 46.4 Å². The summed E-state index contributed by atoms with van der Waals surface area (Å²) in [5, 5.41) is 0. The maximum atomic E-state index is 6.03. The molecule has 0 fully saturated rings. The van der Waals surface area contributed by atoms with Crippen LogP contribution < -0.4 is 9.47 Å². The summed E-state index contributed by atoms with van der Waals surface area (Å²) >= 11 is 1.70. The molecule has 2 heterocycles. The van der Waals surface area contributed by atoms with Crippen LogP contribution in [-0.4, -0.2) is 21.2 Å². The highest BCUT2D eigenvalue weighted by molar-refractivity contribution is 7.15. The summed E-state index contributed by atoms with van der Waals surface area (Å²) in [5.74, 6) is 0.559. The van der Waals surface area contributed by atoms with Crippen LogP contribution in [0, 0.1) is 6.92 Å². The fraction of sp³-hybridized carbons (Fsp3) is 0.529. The van der Waals surface area contributed by atoms with Gasteiger partial charge in [0.05, 0.1) is 5.56 Å². The van der Waals surface area contributed by atoms with Gasteiger partial charge in [0, 0.05) is 16.0 Å². The molecule has 0 saturated heterocycles. The smallest absolute Gasteiger partial charge is 0.320 e. The Morgan fingerprint density at radius 3 is 2.09 bits per heavy atom. The van der Waals surface area contributed by atoms with E-state index in [-0.39, 0.29) is 11.2 Å². The number of aromatic nitrogens is 2. The van der Waals surface area contributed by atoms with Gasteiger partial charge in [-0.1, -0.05) is 0 Å². The summed E-state index contributed by atoms with van der Waals surface area (Å²) < 4.78 is 11.8. The van der Waals surface area contributed by atoms with Gasteiger partial charge in [0.1, 0.15) is 11.2 Å². The van der Waals surface area contributed by atoms with Crippen LogP contribution in [0.15, 0.2) is 18.3 Å². The third-order valence-electron chi connectivity index (χ3n) is 2.54. The van der Waals surface area contributed by atoms with E-state index < -0.39 is 0 Å². The number of aryl methyl sites for hydroxylation is 1. The van der Waals surface area contributed by atoms with Crippen LogP contribution in [0.25, 0.3) is 10.4 Å². The molecule has 0 N–H and O–H groups in total. The summed E-state index contributed by atoms with van der Waals surface area (Å²) in [4.78, 5) is 11.2. The van der Waals surface area contributed by atoms with E-state index in [1.807, 2.05) is 41.5 Å². The fourth-order valence-corrected chi connectivity index (χ4v) is 2.66. The topological polar surface area (TPSA) is 44.2 Å². The number of rotatable bonds is 3. The summed E-state index contributed by atoms with van der Waals surface area (Å²) in [7, 11) is 0. The van der Waals surface area contributed by atoms with Crippen LogP contribution in [-0.2, 0) is 0 Å². The molecule has 0 atom stereocenters. The van der Waals surface area contributed by atoms with Crippen LogP contribution >= 0.6 is 11.3 Å². The highest BCUT2D eigenvalue weighted by Gasteiger charge is 2.21. The highest BCUT2D eigenvalue weighted by atomic mass is 32.1. The number of thiophene rings is 1. The van der Waals surface area contributed by atoms with Crippen molar-refractivity contribution in [3.05, 3.63) is 23.2 Å². The first-order valence-corrected chi connectivity index (χ1v) is 8.17. The van der Waals surface area contributed by atoms with Crippen LogP contribution in [0.5, 0.6) is 11.9 Å². The van der Waals surface area contributed by atoms with Gasteiger partial charge in [0.2, 0.25) is 5.88 Å². The predicted molar refractivity (Wildman–Crippen MR) is 90.8 cm³/mol. The van der Waals surface area contributed by atoms with Crippen molar-refractivity contribution >= 4 is 11.3 Å². The molecule has 0 aromatic carbocycles. The first-order chi connectivity index (χ1) is 10.0. The minimum atomic E-state index is -0.347. The van der Waals surface area contributed by atoms with Crippen molar-refractivity contribution in [3.8, 4) is 22.3 Å². The molecule has 0 radical (unpaired) electrons. The molecule has 0 aliphatic rings. The largest absolute Gasteiger partial charge is 0.471 e. The second kappa shape index (κ2) is 5.88. The number of hydrogen-bond donors (Lipinski definition) is 0. The van der Waals surface area contributed by atoms with E-state index in [1.54, 1.807) is 17.5 Å². The number of nitrogens with zero attached hydrogens (tertiary/aromatic N) is 2. The Balaban J connectivity index is 2.44. The molecule has 4 nitrogen and oxygen atoms in total. The minimum absolute atomic E-state index is 0.337. The maximum absolute atomic E-state index is 6.03. The summed E-state index contributed by atoms with van der Waals surface area (Å²) in [5.41, 5.74) is 0.211. The highest BCUT2D eigenvalue weighted by Crippen LogP contribution is 2.35. The lowest BCUT2D eigenvalue weighted by atomic mass is 10.2. The second-order valence-corrected chi connectivity index (χ2v) is 8.50. The molecule has 0 saturated carbocycles. The zero-order valence-electron chi connectivity index (χ0n) is 14.4. The molecule has 22 heavy (non-hydrogen) atoms. The molecular formula is C17H24N2O2S. The normalized spacial score (nSPS) is 12.3. The molecule has 0 aliphatic heterocycles. The van der Waals surface area contributed by atoms with Gasteiger partial charge in [0.25, 0.3) is 0 Å². The van der Waals surface area contributed by atoms with Crippen LogP contribution in [0.3, 0.4) is 0 Å². The van der Waals surface area contributed by atoms with E-state index in [4.69, 9.17) is 9.47 Å². The van der Waals surface area contributed by atoms with Crippen molar-refractivity contribution in [1.29, 1.82) is 0 Å². The molecular weight excluding hydrogens is 296 g/mol. The molecule has 2 aromatic heterocycles. The summed E-state index contributed by atoms with van der Waals surface area (Å²) in [6, 6.07) is 4.49. The molecule has 0 aliphatic carbocycles. The lowest BCUT2D eigenvalue weighted by Gasteiger charge is -2.24. The first-order valence-electron chi connectivity index (χ1n) is 7.35. The van der Waals surface area contributed by atoms with Crippen molar-refractivity contribution in [2.45, 2.75) is 59.7 Å². The SMILES string of the molecule is Cc1ccc(-c2cnc(OC(C)(C)C)nc2OC(C)(C)C)s1. The Morgan fingerprint density at radius 2 is 1.59 bits per heavy atom. The Labute approximate surface area is 136 Å². The average Bonchev–Trinajstić information content (AvgIpc) is 2.71. The maximum Gasteiger partial charge on any atom is 0.320 e. The molecule has 2 rings (SSSR count). The lowest BCUT2D eigenvalue weighted by Crippen LogP contribution is -2.26. The van der Waals surface area contributed by atoms with Crippen molar-refractivity contribution in [2.24, 2.45) is 0 Å². The molecule has 5 heteroatoms. The van der Waals surface area contributed by atoms with Crippen molar-refractivity contribution in [3.63, 3.8) is 0 Å². The Kier molecular flexibility index (Phi) is 4.47. The fourth-order valence-electron chi connectivity index (χ4n) is 1.79. The molecule has 0 bridgehead atoms. The van der Waals surface area contributed by atoms with Gasteiger partial charge in [-0.25, -0.2) is 4.98 Å². The first kappa shape index (κ1) is 16.7. The monoisotopic (exact) mass is 320 g/mol. The third kappa shape index (κ3) is 4.70. The van der Waals surface area contributed by atoms with E-state index in [0.29, 0.717) is 11.9 Å².